The van der Waals surface area contributed by atoms with Crippen LogP contribution in [0.2, 0.25) is 0 Å². The zero-order chi connectivity index (χ0) is 7.61. The highest BCUT2D eigenvalue weighted by Crippen LogP contribution is 2.24. The van der Waals surface area contributed by atoms with E-state index >= 15 is 0 Å². The van der Waals surface area contributed by atoms with E-state index in [1.165, 1.54) is 0 Å². The van der Waals surface area contributed by atoms with Gasteiger partial charge in [-0.3, -0.25) is 0 Å². The van der Waals surface area contributed by atoms with E-state index in [4.69, 9.17) is 4.74 Å². The van der Waals surface area contributed by atoms with Gasteiger partial charge in [-0.05, 0) is 22.4 Å². The molecule has 3 nitrogen and oxygen atoms in total. The highest BCUT2D eigenvalue weighted by atomic mass is 79.9. The van der Waals surface area contributed by atoms with Gasteiger partial charge in [0, 0.05) is 7.11 Å². The molecule has 0 aromatic carbocycles. The van der Waals surface area contributed by atoms with E-state index in [1.54, 1.807) is 13.3 Å². The Morgan fingerprint density at radius 3 is 2.90 bits per heavy atom. The van der Waals surface area contributed by atoms with Crippen molar-refractivity contribution in [2.45, 2.75) is 17.9 Å². The van der Waals surface area contributed by atoms with Crippen LogP contribution in [0.5, 0.6) is 0 Å². The van der Waals surface area contributed by atoms with Crippen LogP contribution in [-0.2, 0) is 4.74 Å². The second-order valence-corrected chi connectivity index (χ2v) is 3.17. The molecule has 0 saturated carbocycles. The van der Waals surface area contributed by atoms with E-state index in [1.807, 2.05) is 6.92 Å². The Kier molecular flexibility index (Phi) is 2.21. The fourth-order valence-corrected chi connectivity index (χ4v) is 1.25. The summed E-state index contributed by atoms with van der Waals surface area (Å²) >= 11 is 3.37. The predicted octanol–water partition coefficient (Wildman–Crippen LogP) is 1.57. The Bertz CT molecular complexity index is 190. The summed E-state index contributed by atoms with van der Waals surface area (Å²) in [6.45, 7) is 2.02. The molecule has 1 unspecified atom stereocenters. The van der Waals surface area contributed by atoms with E-state index < -0.39 is 4.51 Å². The first-order chi connectivity index (χ1) is 4.73. The number of alkyl halides is 1. The molecule has 0 bridgehead atoms. The van der Waals surface area contributed by atoms with Gasteiger partial charge in [0.25, 0.3) is 0 Å². The first-order valence-electron chi connectivity index (χ1n) is 3.08. The molecule has 1 heterocycles. The molecule has 0 aromatic heterocycles. The molecular formula is C6H9BrN2O. The molecule has 1 aliphatic rings. The van der Waals surface area contributed by atoms with Gasteiger partial charge in [0.2, 0.25) is 0 Å². The number of methoxy groups -OCH3 is 1. The predicted molar refractivity (Wildman–Crippen MR) is 44.9 cm³/mol. The second kappa shape index (κ2) is 2.80. The van der Waals surface area contributed by atoms with Crippen molar-refractivity contribution in [3.8, 4) is 0 Å². The Morgan fingerprint density at radius 1 is 1.80 bits per heavy atom. The Morgan fingerprint density at radius 2 is 2.50 bits per heavy atom. The minimum atomic E-state index is -0.526. The van der Waals surface area contributed by atoms with E-state index in [2.05, 4.69) is 26.1 Å². The quantitative estimate of drug-likeness (QED) is 0.630. The molecule has 0 aromatic rings. The zero-order valence-electron chi connectivity index (χ0n) is 5.97. The van der Waals surface area contributed by atoms with Crippen molar-refractivity contribution < 1.29 is 4.74 Å². The number of nitrogens with zero attached hydrogens (tertiary/aromatic N) is 2. The standard InChI is InChI=1S/C6H9BrN2O/c1-3-5-6(7,10-2)4-8-9-5/h4H,3H2,1-2H3. The van der Waals surface area contributed by atoms with Crippen molar-refractivity contribution in [1.29, 1.82) is 0 Å². The molecule has 1 rings (SSSR count). The molecule has 56 valence electrons. The van der Waals surface area contributed by atoms with Crippen LogP contribution in [0.4, 0.5) is 0 Å². The molecule has 0 radical (unpaired) electrons. The van der Waals surface area contributed by atoms with Crippen LogP contribution in [0.1, 0.15) is 13.3 Å². The molecule has 0 fully saturated rings. The number of ether oxygens (including phenoxy) is 1. The molecule has 10 heavy (non-hydrogen) atoms. The summed E-state index contributed by atoms with van der Waals surface area (Å²) in [5, 5.41) is 7.64. The highest BCUT2D eigenvalue weighted by molar-refractivity contribution is 9.10. The van der Waals surface area contributed by atoms with E-state index in [-0.39, 0.29) is 0 Å². The SMILES string of the molecule is CCC1=NN=CC1(Br)OC. The summed E-state index contributed by atoms with van der Waals surface area (Å²) in [7, 11) is 1.62. The lowest BCUT2D eigenvalue weighted by Gasteiger charge is -2.17. The second-order valence-electron chi connectivity index (χ2n) is 1.99. The Balaban J connectivity index is 2.79. The minimum Gasteiger partial charge on any atom is -0.356 e. The first-order valence-corrected chi connectivity index (χ1v) is 3.88. The van der Waals surface area contributed by atoms with Gasteiger partial charge in [-0.15, -0.1) is 0 Å². The van der Waals surface area contributed by atoms with Crippen molar-refractivity contribution >= 4 is 27.9 Å². The third kappa shape index (κ3) is 1.13. The van der Waals surface area contributed by atoms with E-state index in [9.17, 15) is 0 Å². The molecule has 0 N–H and O–H groups in total. The van der Waals surface area contributed by atoms with Crippen molar-refractivity contribution in [3.63, 3.8) is 0 Å². The van der Waals surface area contributed by atoms with Crippen LogP contribution >= 0.6 is 15.9 Å². The molecule has 1 atom stereocenters. The zero-order valence-corrected chi connectivity index (χ0v) is 7.55. The van der Waals surface area contributed by atoms with Gasteiger partial charge >= 0.3 is 0 Å². The van der Waals surface area contributed by atoms with Gasteiger partial charge in [-0.2, -0.15) is 10.2 Å². The monoisotopic (exact) mass is 204 g/mol. The molecule has 0 aliphatic carbocycles. The molecule has 0 spiro atoms. The molecule has 0 saturated heterocycles. The summed E-state index contributed by atoms with van der Waals surface area (Å²) in [5.41, 5.74) is 0.912. The van der Waals surface area contributed by atoms with Crippen LogP contribution in [0.3, 0.4) is 0 Å². The van der Waals surface area contributed by atoms with Gasteiger partial charge in [-0.25, -0.2) is 0 Å². The molecule has 4 heteroatoms. The van der Waals surface area contributed by atoms with Crippen LogP contribution in [0, 0.1) is 0 Å². The minimum absolute atomic E-state index is 0.526. The van der Waals surface area contributed by atoms with E-state index in [0.29, 0.717) is 0 Å². The van der Waals surface area contributed by atoms with Crippen LogP contribution in [0.25, 0.3) is 0 Å². The fraction of sp³-hybridized carbons (Fsp3) is 0.667. The topological polar surface area (TPSA) is 34.0 Å². The normalized spacial score (nSPS) is 30.9. The van der Waals surface area contributed by atoms with Crippen LogP contribution < -0.4 is 0 Å². The maximum absolute atomic E-state index is 5.14. The van der Waals surface area contributed by atoms with Crippen LogP contribution in [-0.4, -0.2) is 23.5 Å². The van der Waals surface area contributed by atoms with Gasteiger partial charge in [0.05, 0.1) is 11.9 Å². The summed E-state index contributed by atoms with van der Waals surface area (Å²) in [6.07, 6.45) is 2.49. The van der Waals surface area contributed by atoms with Gasteiger partial charge in [-0.1, -0.05) is 6.92 Å². The third-order valence-corrected chi connectivity index (χ3v) is 2.41. The van der Waals surface area contributed by atoms with Crippen LogP contribution in [0.15, 0.2) is 10.2 Å². The average Bonchev–Trinajstić information content (AvgIpc) is 2.32. The average molecular weight is 205 g/mol. The van der Waals surface area contributed by atoms with Gasteiger partial charge in [0.15, 0.2) is 4.51 Å². The van der Waals surface area contributed by atoms with Crippen molar-refractivity contribution in [3.05, 3.63) is 0 Å². The van der Waals surface area contributed by atoms with Crippen molar-refractivity contribution in [1.82, 2.24) is 0 Å². The fourth-order valence-electron chi connectivity index (χ4n) is 0.798. The highest BCUT2D eigenvalue weighted by Gasteiger charge is 2.32. The molecule has 0 amide bonds. The molecular weight excluding hydrogens is 196 g/mol. The first kappa shape index (κ1) is 7.88. The summed E-state index contributed by atoms with van der Waals surface area (Å²) in [6, 6.07) is 0. The maximum atomic E-state index is 5.14. The summed E-state index contributed by atoms with van der Waals surface area (Å²) in [4.78, 5) is 0. The van der Waals surface area contributed by atoms with Gasteiger partial charge < -0.3 is 4.74 Å². The lowest BCUT2D eigenvalue weighted by Crippen LogP contribution is -2.32. The number of rotatable bonds is 2. The molecule has 1 aliphatic heterocycles. The Hall–Kier alpha value is -0.220. The third-order valence-electron chi connectivity index (χ3n) is 1.43. The number of hydrogen-bond donors (Lipinski definition) is 0. The maximum Gasteiger partial charge on any atom is 0.199 e. The lowest BCUT2D eigenvalue weighted by atomic mass is 10.2. The number of hydrogen-bond acceptors (Lipinski definition) is 3. The summed E-state index contributed by atoms with van der Waals surface area (Å²) in [5.74, 6) is 0. The van der Waals surface area contributed by atoms with E-state index in [0.717, 1.165) is 12.1 Å². The van der Waals surface area contributed by atoms with Crippen molar-refractivity contribution in [2.24, 2.45) is 10.2 Å². The summed E-state index contributed by atoms with van der Waals surface area (Å²) < 4.78 is 4.61. The Labute approximate surface area is 68.3 Å². The smallest absolute Gasteiger partial charge is 0.199 e. The number of halogens is 1. The largest absolute Gasteiger partial charge is 0.356 e. The lowest BCUT2D eigenvalue weighted by molar-refractivity contribution is 0.189. The van der Waals surface area contributed by atoms with Crippen molar-refractivity contribution in [2.75, 3.05) is 7.11 Å². The van der Waals surface area contributed by atoms with Gasteiger partial charge in [0.1, 0.15) is 0 Å².